The molecule has 0 saturated heterocycles. The highest BCUT2D eigenvalue weighted by atomic mass is 32.2. The van der Waals surface area contributed by atoms with Crippen LogP contribution >= 0.6 is 0 Å². The van der Waals surface area contributed by atoms with Gasteiger partial charge in [-0.3, -0.25) is 4.79 Å². The fraction of sp³-hybridized carbons (Fsp3) is 0.188. The summed E-state index contributed by atoms with van der Waals surface area (Å²) in [5.41, 5.74) is 1.32. The Labute approximate surface area is 152 Å². The average Bonchev–Trinajstić information content (AvgIpc) is 2.54. The molecule has 0 bridgehead atoms. The number of rotatable bonds is 7. The first-order chi connectivity index (χ1) is 12.1. The highest BCUT2D eigenvalue weighted by Crippen LogP contribution is 2.13. The van der Waals surface area contributed by atoms with Gasteiger partial charge in [0.15, 0.2) is 0 Å². The number of aryl methyl sites for hydroxylation is 1. The molecule has 0 aliphatic rings. The van der Waals surface area contributed by atoms with Gasteiger partial charge in [-0.15, -0.1) is 0 Å². The molecule has 0 aliphatic carbocycles. The van der Waals surface area contributed by atoms with E-state index < -0.39 is 26.0 Å². The van der Waals surface area contributed by atoms with E-state index in [0.29, 0.717) is 5.69 Å². The number of amides is 1. The van der Waals surface area contributed by atoms with Crippen molar-refractivity contribution in [1.82, 2.24) is 4.72 Å². The lowest BCUT2D eigenvalue weighted by molar-refractivity contribution is -0.116. The molecule has 26 heavy (non-hydrogen) atoms. The number of hydrogen-bond donors (Lipinski definition) is 3. The molecule has 0 heterocycles. The van der Waals surface area contributed by atoms with E-state index in [9.17, 15) is 21.6 Å². The van der Waals surface area contributed by atoms with Crippen LogP contribution in [0.2, 0.25) is 0 Å². The van der Waals surface area contributed by atoms with Gasteiger partial charge in [-0.25, -0.2) is 26.7 Å². The molecule has 0 saturated carbocycles. The van der Waals surface area contributed by atoms with Gasteiger partial charge in [0.25, 0.3) is 0 Å². The third-order valence-electron chi connectivity index (χ3n) is 3.44. The molecular weight excluding hydrogens is 378 g/mol. The van der Waals surface area contributed by atoms with Gasteiger partial charge >= 0.3 is 0 Å². The zero-order chi connectivity index (χ0) is 19.4. The van der Waals surface area contributed by atoms with Crippen LogP contribution in [0, 0.1) is 6.92 Å². The predicted octanol–water partition coefficient (Wildman–Crippen LogP) is 0.950. The lowest BCUT2D eigenvalue weighted by atomic mass is 10.2. The number of benzene rings is 2. The lowest BCUT2D eigenvalue weighted by Gasteiger charge is -2.08. The van der Waals surface area contributed by atoms with Crippen LogP contribution in [0.4, 0.5) is 5.69 Å². The molecule has 8 nitrogen and oxygen atoms in total. The van der Waals surface area contributed by atoms with Gasteiger partial charge < -0.3 is 5.32 Å². The highest BCUT2D eigenvalue weighted by Gasteiger charge is 2.14. The summed E-state index contributed by atoms with van der Waals surface area (Å²) in [5, 5.41) is 7.54. The van der Waals surface area contributed by atoms with E-state index in [1.807, 2.05) is 6.92 Å². The molecule has 0 fully saturated rings. The van der Waals surface area contributed by atoms with E-state index in [-0.39, 0.29) is 22.8 Å². The molecule has 0 aromatic heterocycles. The third kappa shape index (κ3) is 5.63. The molecule has 0 atom stereocenters. The summed E-state index contributed by atoms with van der Waals surface area (Å²) < 4.78 is 48.9. The number of nitrogens with two attached hydrogens (primary N) is 1. The van der Waals surface area contributed by atoms with Crippen molar-refractivity contribution in [3.8, 4) is 0 Å². The Balaban J connectivity index is 1.88. The molecule has 1 amide bonds. The van der Waals surface area contributed by atoms with Crippen LogP contribution in [-0.2, 0) is 24.8 Å². The molecule has 0 unspecified atom stereocenters. The molecular formula is C16H19N3O5S2. The number of sulfonamides is 2. The van der Waals surface area contributed by atoms with Gasteiger partial charge in [0.2, 0.25) is 26.0 Å². The first-order valence-corrected chi connectivity index (χ1v) is 10.6. The number of carbonyl (C=O) groups excluding carboxylic acids is 1. The molecule has 0 spiro atoms. The van der Waals surface area contributed by atoms with Crippen LogP contribution in [0.3, 0.4) is 0 Å². The van der Waals surface area contributed by atoms with Crippen molar-refractivity contribution in [3.05, 3.63) is 54.1 Å². The van der Waals surface area contributed by atoms with Crippen LogP contribution in [0.15, 0.2) is 58.3 Å². The topological polar surface area (TPSA) is 135 Å². The summed E-state index contributed by atoms with van der Waals surface area (Å²) >= 11 is 0. The Kier molecular flexibility index (Phi) is 6.13. The number of hydrogen-bond acceptors (Lipinski definition) is 5. The van der Waals surface area contributed by atoms with E-state index in [1.54, 1.807) is 12.1 Å². The smallest absolute Gasteiger partial charge is 0.240 e. The van der Waals surface area contributed by atoms with Gasteiger partial charge in [0, 0.05) is 18.7 Å². The summed E-state index contributed by atoms with van der Waals surface area (Å²) in [6.45, 7) is 1.78. The monoisotopic (exact) mass is 397 g/mol. The number of carbonyl (C=O) groups is 1. The van der Waals surface area contributed by atoms with Gasteiger partial charge in [-0.05, 0) is 43.3 Å². The predicted molar refractivity (Wildman–Crippen MR) is 97.4 cm³/mol. The largest absolute Gasteiger partial charge is 0.326 e. The normalized spacial score (nSPS) is 11.9. The molecule has 2 aromatic rings. The number of primary sulfonamides is 1. The second kappa shape index (κ2) is 7.96. The second-order valence-electron chi connectivity index (χ2n) is 5.58. The second-order valence-corrected chi connectivity index (χ2v) is 8.91. The fourth-order valence-corrected chi connectivity index (χ4v) is 3.60. The van der Waals surface area contributed by atoms with Gasteiger partial charge in [-0.1, -0.05) is 17.7 Å². The zero-order valence-corrected chi connectivity index (χ0v) is 15.6. The summed E-state index contributed by atoms with van der Waals surface area (Å²) in [7, 11) is -7.48. The molecule has 0 radical (unpaired) electrons. The van der Waals surface area contributed by atoms with Crippen LogP contribution in [0.25, 0.3) is 0 Å². The molecule has 140 valence electrons. The quantitative estimate of drug-likeness (QED) is 0.639. The Morgan fingerprint density at radius 3 is 2.00 bits per heavy atom. The standard InChI is InChI=1S/C16H19N3O5S2/c1-12-2-6-15(7-3-12)26(23,24)18-11-10-16(20)19-13-4-8-14(9-5-13)25(17,21)22/h2-9,18H,10-11H2,1H3,(H,19,20)(H2,17,21,22). The summed E-state index contributed by atoms with van der Waals surface area (Å²) in [4.78, 5) is 11.9. The molecule has 0 aliphatic heterocycles. The first-order valence-electron chi connectivity index (χ1n) is 7.57. The van der Waals surface area contributed by atoms with Crippen molar-refractivity contribution in [1.29, 1.82) is 0 Å². The van der Waals surface area contributed by atoms with E-state index in [0.717, 1.165) is 5.56 Å². The summed E-state index contributed by atoms with van der Waals surface area (Å²) in [6.07, 6.45) is -0.0813. The zero-order valence-electron chi connectivity index (χ0n) is 14.0. The van der Waals surface area contributed by atoms with E-state index in [1.165, 1.54) is 36.4 Å². The third-order valence-corrected chi connectivity index (χ3v) is 5.85. The molecule has 4 N–H and O–H groups in total. The minimum atomic E-state index is -3.80. The Morgan fingerprint density at radius 1 is 0.923 bits per heavy atom. The van der Waals surface area contributed by atoms with Crippen LogP contribution in [-0.4, -0.2) is 29.3 Å². The van der Waals surface area contributed by atoms with Crippen LogP contribution in [0.1, 0.15) is 12.0 Å². The van der Waals surface area contributed by atoms with Gasteiger partial charge in [-0.2, -0.15) is 0 Å². The minimum Gasteiger partial charge on any atom is -0.326 e. The highest BCUT2D eigenvalue weighted by molar-refractivity contribution is 7.89. The maximum atomic E-state index is 12.1. The van der Waals surface area contributed by atoms with Crippen molar-refractivity contribution >= 4 is 31.6 Å². The van der Waals surface area contributed by atoms with Crippen molar-refractivity contribution in [2.45, 2.75) is 23.1 Å². The van der Waals surface area contributed by atoms with Crippen molar-refractivity contribution < 1.29 is 21.6 Å². The SMILES string of the molecule is Cc1ccc(S(=O)(=O)NCCC(=O)Nc2ccc(S(N)(=O)=O)cc2)cc1. The minimum absolute atomic E-state index is 0.0682. The van der Waals surface area contributed by atoms with Gasteiger partial charge in [0.05, 0.1) is 9.79 Å². The van der Waals surface area contributed by atoms with Crippen molar-refractivity contribution in [3.63, 3.8) is 0 Å². The summed E-state index contributed by atoms with van der Waals surface area (Å²) in [5.74, 6) is -0.417. The Bertz CT molecular complexity index is 983. The maximum Gasteiger partial charge on any atom is 0.240 e. The molecule has 2 aromatic carbocycles. The van der Waals surface area contributed by atoms with E-state index >= 15 is 0 Å². The maximum absolute atomic E-state index is 12.1. The molecule has 10 heteroatoms. The number of nitrogens with one attached hydrogen (secondary N) is 2. The Hall–Kier alpha value is -2.27. The van der Waals surface area contributed by atoms with E-state index in [4.69, 9.17) is 5.14 Å². The fourth-order valence-electron chi connectivity index (χ4n) is 2.05. The van der Waals surface area contributed by atoms with Crippen molar-refractivity contribution in [2.75, 3.05) is 11.9 Å². The lowest BCUT2D eigenvalue weighted by Crippen LogP contribution is -2.27. The average molecular weight is 397 g/mol. The Morgan fingerprint density at radius 2 is 1.46 bits per heavy atom. The summed E-state index contributed by atoms with van der Waals surface area (Å²) in [6, 6.07) is 11.7. The van der Waals surface area contributed by atoms with Crippen molar-refractivity contribution in [2.24, 2.45) is 5.14 Å². The van der Waals surface area contributed by atoms with Crippen LogP contribution in [0.5, 0.6) is 0 Å². The number of anilines is 1. The van der Waals surface area contributed by atoms with Crippen LogP contribution < -0.4 is 15.2 Å². The van der Waals surface area contributed by atoms with E-state index in [2.05, 4.69) is 10.0 Å². The first kappa shape index (κ1) is 20.0. The van der Waals surface area contributed by atoms with Gasteiger partial charge in [0.1, 0.15) is 0 Å². The molecule has 2 rings (SSSR count).